The fourth-order valence-corrected chi connectivity index (χ4v) is 4.39. The van der Waals surface area contributed by atoms with Gasteiger partial charge in [-0.25, -0.2) is 14.5 Å². The summed E-state index contributed by atoms with van der Waals surface area (Å²) in [4.78, 5) is 32.3. The summed E-state index contributed by atoms with van der Waals surface area (Å²) in [5.74, 6) is 3.11. The molecule has 2 fully saturated rings. The lowest BCUT2D eigenvalue weighted by Gasteiger charge is -2.23. The summed E-state index contributed by atoms with van der Waals surface area (Å²) in [5.41, 5.74) is 0.351. The molecule has 29 heavy (non-hydrogen) atoms. The molecule has 0 atom stereocenters. The number of carbonyl (C=O) groups excluding carboxylic acids is 1. The van der Waals surface area contributed by atoms with Crippen molar-refractivity contribution in [2.24, 2.45) is 0 Å². The highest BCUT2D eigenvalue weighted by molar-refractivity contribution is 5.95. The molecule has 2 aliphatic heterocycles. The van der Waals surface area contributed by atoms with Crippen LogP contribution in [0.3, 0.4) is 0 Å². The van der Waals surface area contributed by atoms with Gasteiger partial charge in [-0.1, -0.05) is 0 Å². The van der Waals surface area contributed by atoms with Crippen molar-refractivity contribution < 1.29 is 9.21 Å². The van der Waals surface area contributed by atoms with E-state index < -0.39 is 5.63 Å². The topological polar surface area (TPSA) is 93.3 Å². The van der Waals surface area contributed by atoms with E-state index in [1.807, 2.05) is 17.7 Å². The molecule has 2 aromatic rings. The van der Waals surface area contributed by atoms with E-state index >= 15 is 0 Å². The van der Waals surface area contributed by atoms with Crippen molar-refractivity contribution in [3.63, 3.8) is 0 Å². The third-order valence-electron chi connectivity index (χ3n) is 6.30. The van der Waals surface area contributed by atoms with Gasteiger partial charge in [-0.2, -0.15) is 5.10 Å². The Kier molecular flexibility index (Phi) is 4.73. The van der Waals surface area contributed by atoms with Crippen LogP contribution in [0.15, 0.2) is 15.3 Å². The van der Waals surface area contributed by atoms with Crippen LogP contribution in [-0.2, 0) is 13.0 Å². The minimum absolute atomic E-state index is 0.161. The molecule has 0 unspecified atom stereocenters. The number of amides is 1. The lowest BCUT2D eigenvalue weighted by atomic mass is 9.94. The molecule has 0 bridgehead atoms. The number of nitrogens with zero attached hydrogens (tertiary/aromatic N) is 4. The maximum atomic E-state index is 13.1. The molecule has 8 heteroatoms. The Balaban J connectivity index is 1.33. The van der Waals surface area contributed by atoms with Crippen LogP contribution in [0, 0.1) is 6.92 Å². The molecule has 154 valence electrons. The summed E-state index contributed by atoms with van der Waals surface area (Å²) in [6.07, 6.45) is 4.90. The van der Waals surface area contributed by atoms with Gasteiger partial charge in [0.2, 0.25) is 0 Å². The zero-order valence-electron chi connectivity index (χ0n) is 16.8. The van der Waals surface area contributed by atoms with Gasteiger partial charge in [0.1, 0.15) is 17.1 Å². The molecule has 0 radical (unpaired) electrons. The maximum Gasteiger partial charge on any atom is 0.349 e. The predicted molar refractivity (Wildman–Crippen MR) is 106 cm³/mol. The monoisotopic (exact) mass is 397 g/mol. The van der Waals surface area contributed by atoms with Gasteiger partial charge in [-0.3, -0.25) is 4.79 Å². The second kappa shape index (κ2) is 7.40. The number of hydrogen-bond donors (Lipinski definition) is 1. The highest BCUT2D eigenvalue weighted by Crippen LogP contribution is 2.38. The second-order valence-electron chi connectivity index (χ2n) is 8.44. The molecular weight excluding hydrogens is 370 g/mol. The number of carbonyl (C=O) groups is 1. The van der Waals surface area contributed by atoms with Crippen LogP contribution in [0.4, 0.5) is 0 Å². The Morgan fingerprint density at radius 1 is 1.14 bits per heavy atom. The fraction of sp³-hybridized carbons (Fsp3) is 0.619. The van der Waals surface area contributed by atoms with Gasteiger partial charge in [0, 0.05) is 31.3 Å². The number of nitrogens with one attached hydrogen (secondary N) is 1. The van der Waals surface area contributed by atoms with E-state index in [9.17, 15) is 9.59 Å². The molecule has 4 heterocycles. The van der Waals surface area contributed by atoms with Crippen molar-refractivity contribution in [3.8, 4) is 0 Å². The molecule has 3 aliphatic rings. The van der Waals surface area contributed by atoms with E-state index in [1.165, 1.54) is 12.8 Å². The van der Waals surface area contributed by atoms with Crippen molar-refractivity contribution in [1.82, 2.24) is 25.0 Å². The molecule has 1 saturated heterocycles. The molecule has 1 saturated carbocycles. The average Bonchev–Trinajstić information content (AvgIpc) is 3.52. The van der Waals surface area contributed by atoms with Crippen LogP contribution in [0.1, 0.15) is 70.8 Å². The summed E-state index contributed by atoms with van der Waals surface area (Å²) < 4.78 is 7.53. The van der Waals surface area contributed by atoms with Gasteiger partial charge < -0.3 is 14.6 Å². The largest absolute Gasteiger partial charge is 0.427 e. The molecular formula is C21H27N5O3. The zero-order chi connectivity index (χ0) is 20.0. The van der Waals surface area contributed by atoms with Crippen molar-refractivity contribution in [2.75, 3.05) is 26.2 Å². The lowest BCUT2D eigenvalue weighted by molar-refractivity contribution is 0.0752. The number of aryl methyl sites for hydroxylation is 1. The minimum atomic E-state index is -0.514. The van der Waals surface area contributed by atoms with Crippen molar-refractivity contribution in [3.05, 3.63) is 45.0 Å². The van der Waals surface area contributed by atoms with Gasteiger partial charge in [-0.05, 0) is 57.3 Å². The molecule has 8 nitrogen and oxygen atoms in total. The van der Waals surface area contributed by atoms with Crippen LogP contribution in [0.5, 0.6) is 0 Å². The Morgan fingerprint density at radius 3 is 2.66 bits per heavy atom. The first-order valence-corrected chi connectivity index (χ1v) is 10.7. The Bertz CT molecular complexity index is 959. The zero-order valence-corrected chi connectivity index (χ0v) is 16.8. The van der Waals surface area contributed by atoms with Crippen LogP contribution < -0.4 is 10.9 Å². The number of rotatable bonds is 3. The van der Waals surface area contributed by atoms with Gasteiger partial charge in [0.15, 0.2) is 5.82 Å². The third kappa shape index (κ3) is 3.61. The molecule has 1 N–H and O–H groups in total. The van der Waals surface area contributed by atoms with Crippen LogP contribution in [0.25, 0.3) is 0 Å². The number of fused-ring (bicyclic) bond motifs is 1. The normalized spacial score (nSPS) is 20.4. The number of hydrogen-bond acceptors (Lipinski definition) is 6. The highest BCUT2D eigenvalue weighted by Gasteiger charge is 2.31. The SMILES string of the molecule is Cc1cc(C2CCNCC2)oc(=O)c1C(=O)N1CCc2nc(C3CC3)nn2CC1. The quantitative estimate of drug-likeness (QED) is 0.845. The van der Waals surface area contributed by atoms with E-state index in [4.69, 9.17) is 4.42 Å². The highest BCUT2D eigenvalue weighted by atomic mass is 16.4. The summed E-state index contributed by atoms with van der Waals surface area (Å²) in [7, 11) is 0. The van der Waals surface area contributed by atoms with E-state index in [1.54, 1.807) is 4.90 Å². The van der Waals surface area contributed by atoms with Gasteiger partial charge in [-0.15, -0.1) is 0 Å². The molecule has 0 spiro atoms. The average molecular weight is 397 g/mol. The first kappa shape index (κ1) is 18.5. The predicted octanol–water partition coefficient (Wildman–Crippen LogP) is 1.58. The van der Waals surface area contributed by atoms with Crippen molar-refractivity contribution in [2.45, 2.75) is 57.4 Å². The van der Waals surface area contributed by atoms with Gasteiger partial charge >= 0.3 is 5.63 Å². The summed E-state index contributed by atoms with van der Waals surface area (Å²) in [6, 6.07) is 1.89. The summed E-state index contributed by atoms with van der Waals surface area (Å²) in [6.45, 7) is 5.35. The Morgan fingerprint density at radius 2 is 1.93 bits per heavy atom. The lowest BCUT2D eigenvalue weighted by Crippen LogP contribution is -2.37. The van der Waals surface area contributed by atoms with E-state index in [0.29, 0.717) is 43.3 Å². The van der Waals surface area contributed by atoms with Gasteiger partial charge in [0.05, 0.1) is 6.54 Å². The summed E-state index contributed by atoms with van der Waals surface area (Å²) in [5, 5.41) is 7.94. The van der Waals surface area contributed by atoms with E-state index in [0.717, 1.165) is 37.6 Å². The van der Waals surface area contributed by atoms with Crippen molar-refractivity contribution >= 4 is 5.91 Å². The molecule has 1 amide bonds. The standard InChI is InChI=1S/C21H27N5O3/c1-13-12-16(14-4-7-22-8-5-14)29-21(28)18(13)20(27)25-9-6-17-23-19(15-2-3-15)24-26(17)11-10-25/h12,14-15,22H,2-11H2,1H3. The van der Waals surface area contributed by atoms with E-state index in [2.05, 4.69) is 15.4 Å². The Labute approximate surface area is 169 Å². The molecule has 1 aliphatic carbocycles. The van der Waals surface area contributed by atoms with Gasteiger partial charge in [0.25, 0.3) is 5.91 Å². The van der Waals surface area contributed by atoms with Crippen LogP contribution in [-0.4, -0.2) is 51.8 Å². The van der Waals surface area contributed by atoms with Crippen LogP contribution >= 0.6 is 0 Å². The first-order chi connectivity index (χ1) is 14.1. The maximum absolute atomic E-state index is 13.1. The summed E-state index contributed by atoms with van der Waals surface area (Å²) >= 11 is 0. The molecule has 5 rings (SSSR count). The number of aromatic nitrogens is 3. The van der Waals surface area contributed by atoms with E-state index in [-0.39, 0.29) is 17.4 Å². The van der Waals surface area contributed by atoms with Crippen LogP contribution in [0.2, 0.25) is 0 Å². The smallest absolute Gasteiger partial charge is 0.349 e. The molecule has 2 aromatic heterocycles. The fourth-order valence-electron chi connectivity index (χ4n) is 4.39. The minimum Gasteiger partial charge on any atom is -0.427 e. The number of piperidine rings is 1. The molecule has 0 aromatic carbocycles. The Hall–Kier alpha value is -2.48. The second-order valence-corrected chi connectivity index (χ2v) is 8.44. The first-order valence-electron chi connectivity index (χ1n) is 10.7. The van der Waals surface area contributed by atoms with Crippen molar-refractivity contribution in [1.29, 1.82) is 0 Å². The third-order valence-corrected chi connectivity index (χ3v) is 6.30.